The van der Waals surface area contributed by atoms with Gasteiger partial charge in [0.05, 0.1) is 0 Å². The molecule has 0 spiro atoms. The first-order chi connectivity index (χ1) is 5.52. The fraction of sp³-hybridized carbons (Fsp3) is 1.00. The van der Waals surface area contributed by atoms with E-state index in [-0.39, 0.29) is 0 Å². The van der Waals surface area contributed by atoms with Crippen molar-refractivity contribution in [1.29, 1.82) is 0 Å². The first-order valence-corrected chi connectivity index (χ1v) is 7.75. The predicted molar refractivity (Wildman–Crippen MR) is 58.7 cm³/mol. The van der Waals surface area contributed by atoms with Crippen LogP contribution in [-0.4, -0.2) is 44.0 Å². The van der Waals surface area contributed by atoms with Crippen molar-refractivity contribution in [3.8, 4) is 0 Å². The van der Waals surface area contributed by atoms with Gasteiger partial charge in [0, 0.05) is 0 Å². The van der Waals surface area contributed by atoms with Crippen LogP contribution in [0.25, 0.3) is 0 Å². The summed E-state index contributed by atoms with van der Waals surface area (Å²) in [6, 6.07) is 1.07. The van der Waals surface area contributed by atoms with Crippen LogP contribution in [0, 0.1) is 0 Å². The van der Waals surface area contributed by atoms with Crippen LogP contribution in [0.1, 0.15) is 20.8 Å². The van der Waals surface area contributed by atoms with Gasteiger partial charge in [-0.1, -0.05) is 20.8 Å². The van der Waals surface area contributed by atoms with Crippen LogP contribution in [0.3, 0.4) is 0 Å². The van der Waals surface area contributed by atoms with Gasteiger partial charge in [0.15, 0.2) is 0 Å². The molecule has 0 bridgehead atoms. The minimum Gasteiger partial charge on any atom is -0.305 e. The lowest BCUT2D eigenvalue weighted by Gasteiger charge is -2.39. The van der Waals surface area contributed by atoms with E-state index < -0.39 is 7.71 Å². The molecule has 0 aromatic heterocycles. The molecule has 74 valence electrons. The van der Waals surface area contributed by atoms with Gasteiger partial charge in [0.25, 0.3) is 0 Å². The summed E-state index contributed by atoms with van der Waals surface area (Å²) in [5.74, 6) is 0. The molecule has 0 N–H and O–H groups in total. The molecule has 0 radical (unpaired) electrons. The van der Waals surface area contributed by atoms with E-state index in [2.05, 4.69) is 44.0 Å². The molecular weight excluding hydrogens is 188 g/mol. The van der Waals surface area contributed by atoms with Gasteiger partial charge in [0.1, 0.15) is 0 Å². The molecule has 0 amide bonds. The van der Waals surface area contributed by atoms with Crippen molar-refractivity contribution >= 4 is 18.8 Å². The molecule has 0 saturated carbocycles. The molecule has 0 rings (SSSR count). The Morgan fingerprint density at radius 3 is 1.58 bits per heavy atom. The first kappa shape index (κ1) is 12.4. The van der Waals surface area contributed by atoms with Crippen LogP contribution in [0.4, 0.5) is 0 Å². The highest BCUT2D eigenvalue weighted by atomic mass is 35.6. The SMILES string of the molecule is CCN(CC)[Si](Cl)(CC)N(C)C. The molecule has 12 heavy (non-hydrogen) atoms. The third-order valence-corrected chi connectivity index (χ3v) is 8.79. The van der Waals surface area contributed by atoms with Gasteiger partial charge >= 0.3 is 7.71 Å². The minimum atomic E-state index is -1.79. The highest BCUT2D eigenvalue weighted by Gasteiger charge is 2.37. The molecule has 4 heteroatoms. The van der Waals surface area contributed by atoms with Crippen molar-refractivity contribution in [1.82, 2.24) is 9.13 Å². The maximum absolute atomic E-state index is 6.62. The standard InChI is InChI=1S/C8H21ClN2Si/c1-6-11(7-2)12(9,8-3)10(4)5/h6-8H2,1-5H3. The van der Waals surface area contributed by atoms with Crippen LogP contribution in [0.2, 0.25) is 6.04 Å². The van der Waals surface area contributed by atoms with Gasteiger partial charge in [-0.3, -0.25) is 0 Å². The maximum atomic E-state index is 6.62. The zero-order valence-corrected chi connectivity index (χ0v) is 10.6. The van der Waals surface area contributed by atoms with E-state index in [4.69, 9.17) is 11.1 Å². The van der Waals surface area contributed by atoms with Crippen molar-refractivity contribution in [3.63, 3.8) is 0 Å². The van der Waals surface area contributed by atoms with E-state index in [1.54, 1.807) is 0 Å². The Bertz CT molecular complexity index is 128. The Morgan fingerprint density at radius 2 is 1.50 bits per heavy atom. The van der Waals surface area contributed by atoms with E-state index >= 15 is 0 Å². The Morgan fingerprint density at radius 1 is 1.08 bits per heavy atom. The molecule has 0 fully saturated rings. The first-order valence-electron chi connectivity index (χ1n) is 4.64. The molecule has 0 heterocycles. The van der Waals surface area contributed by atoms with Crippen LogP contribution in [0.15, 0.2) is 0 Å². The number of halogens is 1. The molecule has 0 aromatic rings. The number of hydrogen-bond donors (Lipinski definition) is 0. The summed E-state index contributed by atoms with van der Waals surface area (Å²) in [5.41, 5.74) is 0. The van der Waals surface area contributed by atoms with Crippen molar-refractivity contribution in [2.24, 2.45) is 0 Å². The van der Waals surface area contributed by atoms with Gasteiger partial charge < -0.3 is 9.13 Å². The van der Waals surface area contributed by atoms with Gasteiger partial charge in [-0.25, -0.2) is 0 Å². The molecule has 0 saturated heterocycles. The molecular formula is C8H21ClN2Si. The van der Waals surface area contributed by atoms with Gasteiger partial charge in [-0.15, -0.1) is 11.1 Å². The third-order valence-electron chi connectivity index (χ3n) is 2.38. The van der Waals surface area contributed by atoms with E-state index in [1.807, 2.05) is 0 Å². The molecule has 0 aliphatic heterocycles. The summed E-state index contributed by atoms with van der Waals surface area (Å²) in [6.45, 7) is 8.63. The summed E-state index contributed by atoms with van der Waals surface area (Å²) in [5, 5.41) is 0. The van der Waals surface area contributed by atoms with Crippen LogP contribution >= 0.6 is 11.1 Å². The summed E-state index contributed by atoms with van der Waals surface area (Å²) < 4.78 is 4.61. The second-order valence-corrected chi connectivity index (χ2v) is 8.63. The fourth-order valence-corrected chi connectivity index (χ4v) is 4.86. The molecule has 0 aliphatic rings. The Kier molecular flexibility index (Phi) is 5.41. The van der Waals surface area contributed by atoms with Crippen molar-refractivity contribution in [2.75, 3.05) is 27.2 Å². The second-order valence-electron chi connectivity index (χ2n) is 3.14. The fourth-order valence-electron chi connectivity index (χ4n) is 1.53. The highest BCUT2D eigenvalue weighted by molar-refractivity contribution is 7.17. The number of nitrogens with zero attached hydrogens (tertiary/aromatic N) is 2. The Balaban J connectivity index is 4.47. The molecule has 2 nitrogen and oxygen atoms in total. The number of hydrogen-bond acceptors (Lipinski definition) is 2. The normalized spacial score (nSPS) is 17.0. The van der Waals surface area contributed by atoms with Crippen molar-refractivity contribution in [3.05, 3.63) is 0 Å². The molecule has 0 aliphatic carbocycles. The summed E-state index contributed by atoms with van der Waals surface area (Å²) in [6.07, 6.45) is 0. The Hall–Kier alpha value is 0.427. The minimum absolute atomic E-state index is 1.05. The van der Waals surface area contributed by atoms with E-state index in [9.17, 15) is 0 Å². The van der Waals surface area contributed by atoms with Gasteiger partial charge in [-0.2, -0.15) is 0 Å². The zero-order valence-electron chi connectivity index (χ0n) is 8.89. The lowest BCUT2D eigenvalue weighted by atomic mass is 10.7. The van der Waals surface area contributed by atoms with Crippen molar-refractivity contribution < 1.29 is 0 Å². The third kappa shape index (κ3) is 2.46. The topological polar surface area (TPSA) is 6.48 Å². The largest absolute Gasteiger partial charge is 0.306 e. The zero-order chi connectivity index (χ0) is 9.78. The average molecular weight is 209 g/mol. The molecule has 1 unspecified atom stereocenters. The van der Waals surface area contributed by atoms with Gasteiger partial charge in [-0.05, 0) is 33.2 Å². The quantitative estimate of drug-likeness (QED) is 0.505. The van der Waals surface area contributed by atoms with E-state index in [0.717, 1.165) is 19.1 Å². The highest BCUT2D eigenvalue weighted by Crippen LogP contribution is 2.21. The lowest BCUT2D eigenvalue weighted by Crippen LogP contribution is -2.58. The summed E-state index contributed by atoms with van der Waals surface area (Å²) >= 11 is 6.62. The maximum Gasteiger partial charge on any atom is 0.306 e. The van der Waals surface area contributed by atoms with Crippen LogP contribution in [-0.2, 0) is 0 Å². The smallest absolute Gasteiger partial charge is 0.305 e. The molecule has 0 aromatic carbocycles. The lowest BCUT2D eigenvalue weighted by molar-refractivity contribution is 0.414. The Labute approximate surface area is 82.4 Å². The average Bonchev–Trinajstić information content (AvgIpc) is 2.05. The summed E-state index contributed by atoms with van der Waals surface area (Å²) in [4.78, 5) is 0. The molecule has 1 atom stereocenters. The van der Waals surface area contributed by atoms with E-state index in [0.29, 0.717) is 0 Å². The summed E-state index contributed by atoms with van der Waals surface area (Å²) in [7, 11) is 2.38. The van der Waals surface area contributed by atoms with Gasteiger partial charge in [0.2, 0.25) is 0 Å². The van der Waals surface area contributed by atoms with Crippen LogP contribution in [0.5, 0.6) is 0 Å². The number of rotatable bonds is 5. The van der Waals surface area contributed by atoms with Crippen molar-refractivity contribution in [2.45, 2.75) is 26.8 Å². The van der Waals surface area contributed by atoms with E-state index in [1.165, 1.54) is 0 Å². The van der Waals surface area contributed by atoms with Crippen LogP contribution < -0.4 is 0 Å². The monoisotopic (exact) mass is 208 g/mol. The second kappa shape index (κ2) is 5.22. The predicted octanol–water partition coefficient (Wildman–Crippen LogP) is 2.09.